The number of rotatable bonds is 6. The highest BCUT2D eigenvalue weighted by Gasteiger charge is 2.24. The molecule has 0 radical (unpaired) electrons. The summed E-state index contributed by atoms with van der Waals surface area (Å²) in [4.78, 5) is 17.6. The highest BCUT2D eigenvalue weighted by Crippen LogP contribution is 2.35. The SMILES string of the molecule is COCOc1cc(C(=O)N2CCN(c3ccc(OC)cc3)CC2)sc1Br. The van der Waals surface area contributed by atoms with Gasteiger partial charge in [-0.1, -0.05) is 0 Å². The smallest absolute Gasteiger partial charge is 0.264 e. The van der Waals surface area contributed by atoms with E-state index in [1.165, 1.54) is 11.3 Å². The molecule has 140 valence electrons. The van der Waals surface area contributed by atoms with Crippen LogP contribution in [0.5, 0.6) is 11.5 Å². The van der Waals surface area contributed by atoms with Crippen LogP contribution in [0.3, 0.4) is 0 Å². The number of carbonyl (C=O) groups is 1. The number of methoxy groups -OCH3 is 2. The number of hydrogen-bond donors (Lipinski definition) is 0. The molecule has 26 heavy (non-hydrogen) atoms. The molecule has 1 saturated heterocycles. The fraction of sp³-hybridized carbons (Fsp3) is 0.389. The summed E-state index contributed by atoms with van der Waals surface area (Å²) in [7, 11) is 3.22. The van der Waals surface area contributed by atoms with E-state index in [0.717, 1.165) is 28.3 Å². The van der Waals surface area contributed by atoms with Crippen molar-refractivity contribution in [1.82, 2.24) is 4.90 Å². The van der Waals surface area contributed by atoms with Crippen LogP contribution >= 0.6 is 27.3 Å². The summed E-state index contributed by atoms with van der Waals surface area (Å²) in [6.07, 6.45) is 0. The van der Waals surface area contributed by atoms with Gasteiger partial charge < -0.3 is 24.0 Å². The van der Waals surface area contributed by atoms with E-state index >= 15 is 0 Å². The Bertz CT molecular complexity index is 742. The zero-order valence-electron chi connectivity index (χ0n) is 14.7. The number of ether oxygens (including phenoxy) is 3. The van der Waals surface area contributed by atoms with E-state index in [4.69, 9.17) is 14.2 Å². The first-order chi connectivity index (χ1) is 12.6. The molecule has 1 aliphatic heterocycles. The molecule has 0 saturated carbocycles. The van der Waals surface area contributed by atoms with Crippen LogP contribution < -0.4 is 14.4 Å². The van der Waals surface area contributed by atoms with Gasteiger partial charge in [0.2, 0.25) is 0 Å². The average molecular weight is 441 g/mol. The zero-order valence-corrected chi connectivity index (χ0v) is 17.1. The van der Waals surface area contributed by atoms with Gasteiger partial charge in [-0.2, -0.15) is 0 Å². The number of piperazine rings is 1. The van der Waals surface area contributed by atoms with E-state index in [9.17, 15) is 4.79 Å². The highest BCUT2D eigenvalue weighted by molar-refractivity contribution is 9.11. The number of carbonyl (C=O) groups excluding carboxylic acids is 1. The molecule has 3 rings (SSSR count). The van der Waals surface area contributed by atoms with Gasteiger partial charge in [0.1, 0.15) is 15.3 Å². The highest BCUT2D eigenvalue weighted by atomic mass is 79.9. The number of anilines is 1. The van der Waals surface area contributed by atoms with Crippen molar-refractivity contribution in [3.63, 3.8) is 0 Å². The van der Waals surface area contributed by atoms with Crippen molar-refractivity contribution < 1.29 is 19.0 Å². The molecule has 1 amide bonds. The quantitative estimate of drug-likeness (QED) is 0.643. The summed E-state index contributed by atoms with van der Waals surface area (Å²) in [6, 6.07) is 9.78. The van der Waals surface area contributed by atoms with Crippen molar-refractivity contribution in [2.45, 2.75) is 0 Å². The second-order valence-corrected chi connectivity index (χ2v) is 8.15. The van der Waals surface area contributed by atoms with Crippen molar-refractivity contribution in [3.8, 4) is 11.5 Å². The predicted octanol–water partition coefficient (Wildman–Crippen LogP) is 3.46. The number of amides is 1. The lowest BCUT2D eigenvalue weighted by molar-refractivity contribution is 0.0508. The van der Waals surface area contributed by atoms with Crippen LogP contribution in [0.1, 0.15) is 9.67 Å². The summed E-state index contributed by atoms with van der Waals surface area (Å²) in [5.41, 5.74) is 1.15. The maximum Gasteiger partial charge on any atom is 0.264 e. The minimum atomic E-state index is 0.0392. The molecule has 2 aromatic rings. The van der Waals surface area contributed by atoms with Gasteiger partial charge in [-0.25, -0.2) is 0 Å². The van der Waals surface area contributed by atoms with Gasteiger partial charge in [-0.3, -0.25) is 4.79 Å². The van der Waals surface area contributed by atoms with Crippen molar-refractivity contribution in [1.29, 1.82) is 0 Å². The normalized spacial score (nSPS) is 14.4. The van der Waals surface area contributed by atoms with Crippen LogP contribution in [-0.2, 0) is 4.74 Å². The van der Waals surface area contributed by atoms with Crippen LogP contribution in [0.15, 0.2) is 34.1 Å². The number of benzene rings is 1. The van der Waals surface area contributed by atoms with E-state index < -0.39 is 0 Å². The lowest BCUT2D eigenvalue weighted by Gasteiger charge is -2.36. The van der Waals surface area contributed by atoms with E-state index in [0.29, 0.717) is 23.7 Å². The van der Waals surface area contributed by atoms with E-state index in [2.05, 4.69) is 20.8 Å². The first-order valence-electron chi connectivity index (χ1n) is 8.21. The molecule has 0 atom stereocenters. The third-order valence-electron chi connectivity index (χ3n) is 4.20. The predicted molar refractivity (Wildman–Crippen MR) is 106 cm³/mol. The van der Waals surface area contributed by atoms with Crippen molar-refractivity contribution in [3.05, 3.63) is 39.0 Å². The average Bonchev–Trinajstić information content (AvgIpc) is 3.06. The molecular formula is C18H21BrN2O4S. The van der Waals surface area contributed by atoms with E-state index in [1.807, 2.05) is 29.2 Å². The fourth-order valence-electron chi connectivity index (χ4n) is 2.79. The third-order valence-corrected chi connectivity index (χ3v) is 5.97. The van der Waals surface area contributed by atoms with Gasteiger partial charge in [0.15, 0.2) is 6.79 Å². The van der Waals surface area contributed by atoms with Crippen LogP contribution in [0, 0.1) is 0 Å². The van der Waals surface area contributed by atoms with Crippen LogP contribution in [0.2, 0.25) is 0 Å². The number of hydrogen-bond acceptors (Lipinski definition) is 6. The Morgan fingerprint density at radius 1 is 1.15 bits per heavy atom. The van der Waals surface area contributed by atoms with Gasteiger partial charge in [0.05, 0.1) is 12.0 Å². The molecule has 1 aromatic heterocycles. The minimum absolute atomic E-state index is 0.0392. The van der Waals surface area contributed by atoms with Crippen molar-refractivity contribution in [2.75, 3.05) is 52.1 Å². The molecule has 8 heteroatoms. The molecule has 0 spiro atoms. The molecule has 1 aliphatic rings. The van der Waals surface area contributed by atoms with Crippen molar-refractivity contribution in [2.24, 2.45) is 0 Å². The van der Waals surface area contributed by atoms with Gasteiger partial charge in [0.25, 0.3) is 5.91 Å². The monoisotopic (exact) mass is 440 g/mol. The van der Waals surface area contributed by atoms with Crippen LogP contribution in [-0.4, -0.2) is 58.0 Å². The Balaban J connectivity index is 1.59. The van der Waals surface area contributed by atoms with Crippen molar-refractivity contribution >= 4 is 38.9 Å². The molecule has 0 bridgehead atoms. The number of thiophene rings is 1. The van der Waals surface area contributed by atoms with Crippen LogP contribution in [0.4, 0.5) is 5.69 Å². The lowest BCUT2D eigenvalue weighted by atomic mass is 10.2. The molecule has 2 heterocycles. The summed E-state index contributed by atoms with van der Waals surface area (Å²) in [5.74, 6) is 1.52. The Hall–Kier alpha value is -1.77. The first-order valence-corrected chi connectivity index (χ1v) is 9.82. The summed E-state index contributed by atoms with van der Waals surface area (Å²) >= 11 is 4.83. The Kier molecular flexibility index (Phi) is 6.39. The zero-order chi connectivity index (χ0) is 18.5. The summed E-state index contributed by atoms with van der Waals surface area (Å²) < 4.78 is 16.4. The summed E-state index contributed by atoms with van der Waals surface area (Å²) in [5, 5.41) is 0. The molecule has 0 unspecified atom stereocenters. The Morgan fingerprint density at radius 2 is 1.85 bits per heavy atom. The summed E-state index contributed by atoms with van der Waals surface area (Å²) in [6.45, 7) is 3.14. The first kappa shape index (κ1) is 19.0. The largest absolute Gasteiger partial charge is 0.497 e. The molecule has 6 nitrogen and oxygen atoms in total. The fourth-order valence-corrected chi connectivity index (χ4v) is 4.34. The second-order valence-electron chi connectivity index (χ2n) is 5.78. The Morgan fingerprint density at radius 3 is 2.46 bits per heavy atom. The molecule has 1 aromatic carbocycles. The molecule has 0 aliphatic carbocycles. The number of halogens is 1. The maximum atomic E-state index is 12.8. The number of nitrogens with zero attached hydrogens (tertiary/aromatic N) is 2. The molecular weight excluding hydrogens is 420 g/mol. The Labute approximate surface area is 165 Å². The third kappa shape index (κ3) is 4.31. The molecule has 0 N–H and O–H groups in total. The second kappa shape index (κ2) is 8.75. The van der Waals surface area contributed by atoms with Gasteiger partial charge >= 0.3 is 0 Å². The van der Waals surface area contributed by atoms with Crippen LogP contribution in [0.25, 0.3) is 0 Å². The topological polar surface area (TPSA) is 51.2 Å². The van der Waals surface area contributed by atoms with Gasteiger partial charge in [-0.15, -0.1) is 11.3 Å². The molecule has 1 fully saturated rings. The standard InChI is InChI=1S/C18H21BrN2O4S/c1-23-12-25-15-11-16(26-17(15)19)18(22)21-9-7-20(8-10-21)13-3-5-14(24-2)6-4-13/h3-6,11H,7-10,12H2,1-2H3. The van der Waals surface area contributed by atoms with Gasteiger partial charge in [-0.05, 0) is 40.2 Å². The van der Waals surface area contributed by atoms with E-state index in [-0.39, 0.29) is 12.7 Å². The lowest BCUT2D eigenvalue weighted by Crippen LogP contribution is -2.48. The maximum absolute atomic E-state index is 12.8. The minimum Gasteiger partial charge on any atom is -0.497 e. The van der Waals surface area contributed by atoms with Gasteiger partial charge in [0, 0.05) is 45.0 Å². The van der Waals surface area contributed by atoms with E-state index in [1.54, 1.807) is 20.3 Å².